The smallest absolute Gasteiger partial charge is 0.318 e. The van der Waals surface area contributed by atoms with E-state index < -0.39 is 24.0 Å². The predicted molar refractivity (Wildman–Crippen MR) is 82.9 cm³/mol. The monoisotopic (exact) mass is 374 g/mol. The van der Waals surface area contributed by atoms with Crippen molar-refractivity contribution in [3.8, 4) is 0 Å². The summed E-state index contributed by atoms with van der Waals surface area (Å²) in [7, 11) is 0. The minimum atomic E-state index is -1.07. The summed E-state index contributed by atoms with van der Waals surface area (Å²) in [6.07, 6.45) is -1.07. The molecule has 0 saturated carbocycles. The van der Waals surface area contributed by atoms with Gasteiger partial charge in [-0.15, -0.1) is 11.8 Å². The van der Waals surface area contributed by atoms with Crippen LogP contribution < -0.4 is 11.1 Å². The van der Waals surface area contributed by atoms with E-state index in [-0.39, 0.29) is 5.75 Å². The fraction of sp³-hybridized carbons (Fsp3) is 0.308. The van der Waals surface area contributed by atoms with Crippen molar-refractivity contribution in [2.45, 2.75) is 24.8 Å². The van der Waals surface area contributed by atoms with E-state index in [4.69, 9.17) is 10.5 Å². The number of esters is 1. The highest BCUT2D eigenvalue weighted by molar-refractivity contribution is 9.10. The molecule has 0 radical (unpaired) electrons. The average Bonchev–Trinajstić information content (AvgIpc) is 2.36. The van der Waals surface area contributed by atoms with Crippen molar-refractivity contribution < 1.29 is 19.1 Å². The highest BCUT2D eigenvalue weighted by Gasteiger charge is 2.19. The molecule has 8 heteroatoms. The molecular formula is C13H15BrN2O4S. The van der Waals surface area contributed by atoms with Crippen molar-refractivity contribution in [3.63, 3.8) is 0 Å². The van der Waals surface area contributed by atoms with Gasteiger partial charge in [-0.3, -0.25) is 14.9 Å². The standard InChI is InChI=1S/C13H15BrN2O4S/c1-7-5-9(14)3-4-10(7)21-6-11(17)20-8(2)12(18)16-13(15)19/h3-5,8H,6H2,1-2H3,(H3,15,16,18,19)/t8-/m1/s1. The second-order valence-electron chi connectivity index (χ2n) is 4.18. The van der Waals surface area contributed by atoms with Crippen LogP contribution in [0.4, 0.5) is 4.79 Å². The third-order valence-corrected chi connectivity index (χ3v) is 4.05. The minimum Gasteiger partial charge on any atom is -0.452 e. The van der Waals surface area contributed by atoms with Gasteiger partial charge in [0.15, 0.2) is 6.10 Å². The molecule has 0 heterocycles. The largest absolute Gasteiger partial charge is 0.452 e. The number of nitrogens with one attached hydrogen (secondary N) is 1. The average molecular weight is 375 g/mol. The van der Waals surface area contributed by atoms with Crippen LogP contribution >= 0.6 is 27.7 Å². The zero-order valence-electron chi connectivity index (χ0n) is 11.5. The quantitative estimate of drug-likeness (QED) is 0.606. The van der Waals surface area contributed by atoms with Crippen molar-refractivity contribution >= 4 is 45.6 Å². The molecule has 0 bridgehead atoms. The number of primary amides is 1. The van der Waals surface area contributed by atoms with E-state index in [0.29, 0.717) is 0 Å². The number of rotatable bonds is 5. The first-order valence-corrected chi connectivity index (χ1v) is 7.76. The van der Waals surface area contributed by atoms with Crippen LogP contribution in [0.25, 0.3) is 0 Å². The molecule has 1 rings (SSSR count). The molecule has 21 heavy (non-hydrogen) atoms. The lowest BCUT2D eigenvalue weighted by molar-refractivity contribution is -0.151. The van der Waals surface area contributed by atoms with E-state index in [1.165, 1.54) is 18.7 Å². The van der Waals surface area contributed by atoms with Crippen LogP contribution in [0.3, 0.4) is 0 Å². The van der Waals surface area contributed by atoms with Crippen LogP contribution in [0, 0.1) is 6.92 Å². The van der Waals surface area contributed by atoms with Crippen molar-refractivity contribution in [3.05, 3.63) is 28.2 Å². The predicted octanol–water partition coefficient (Wildman–Crippen LogP) is 1.98. The van der Waals surface area contributed by atoms with Crippen LogP contribution in [0.15, 0.2) is 27.6 Å². The molecular weight excluding hydrogens is 360 g/mol. The zero-order chi connectivity index (χ0) is 16.0. The highest BCUT2D eigenvalue weighted by Crippen LogP contribution is 2.25. The van der Waals surface area contributed by atoms with E-state index in [0.717, 1.165) is 14.9 Å². The fourth-order valence-corrected chi connectivity index (χ4v) is 2.69. The Bertz CT molecular complexity index is 565. The molecule has 1 aromatic carbocycles. The topological polar surface area (TPSA) is 98.5 Å². The molecule has 0 fully saturated rings. The lowest BCUT2D eigenvalue weighted by Gasteiger charge is -2.12. The van der Waals surface area contributed by atoms with Gasteiger partial charge in [-0.2, -0.15) is 0 Å². The Morgan fingerprint density at radius 1 is 1.43 bits per heavy atom. The molecule has 114 valence electrons. The summed E-state index contributed by atoms with van der Waals surface area (Å²) in [5, 5.41) is 1.85. The van der Waals surface area contributed by atoms with Crippen LogP contribution in [0.2, 0.25) is 0 Å². The lowest BCUT2D eigenvalue weighted by atomic mass is 10.2. The summed E-state index contributed by atoms with van der Waals surface area (Å²) in [6, 6.07) is 4.73. The molecule has 0 saturated heterocycles. The number of halogens is 1. The van der Waals surface area contributed by atoms with Gasteiger partial charge < -0.3 is 10.5 Å². The van der Waals surface area contributed by atoms with Gasteiger partial charge in [0.2, 0.25) is 0 Å². The number of amides is 3. The van der Waals surface area contributed by atoms with Crippen molar-refractivity contribution in [1.82, 2.24) is 5.32 Å². The Labute approximate surface area is 134 Å². The number of carbonyl (C=O) groups excluding carboxylic acids is 3. The first kappa shape index (κ1) is 17.5. The van der Waals surface area contributed by atoms with Gasteiger partial charge >= 0.3 is 12.0 Å². The summed E-state index contributed by atoms with van der Waals surface area (Å²) < 4.78 is 5.87. The maximum Gasteiger partial charge on any atom is 0.318 e. The number of ether oxygens (including phenoxy) is 1. The van der Waals surface area contributed by atoms with Gasteiger partial charge in [-0.05, 0) is 37.6 Å². The molecule has 0 spiro atoms. The number of hydrogen-bond donors (Lipinski definition) is 2. The number of nitrogens with two attached hydrogens (primary N) is 1. The molecule has 3 amide bonds. The first-order valence-electron chi connectivity index (χ1n) is 5.98. The van der Waals surface area contributed by atoms with Gasteiger partial charge in [0.25, 0.3) is 5.91 Å². The van der Waals surface area contributed by atoms with Gasteiger partial charge in [-0.25, -0.2) is 4.79 Å². The van der Waals surface area contributed by atoms with Crippen molar-refractivity contribution in [2.24, 2.45) is 5.73 Å². The molecule has 6 nitrogen and oxygen atoms in total. The van der Waals surface area contributed by atoms with Crippen LogP contribution in [0.5, 0.6) is 0 Å². The number of benzene rings is 1. The molecule has 3 N–H and O–H groups in total. The van der Waals surface area contributed by atoms with Gasteiger partial charge in [0, 0.05) is 9.37 Å². The maximum absolute atomic E-state index is 11.6. The lowest BCUT2D eigenvalue weighted by Crippen LogP contribution is -2.42. The van der Waals surface area contributed by atoms with E-state index in [9.17, 15) is 14.4 Å². The molecule has 1 aromatic rings. The number of carbonyl (C=O) groups is 3. The number of urea groups is 1. The summed E-state index contributed by atoms with van der Waals surface area (Å²) in [5.41, 5.74) is 5.84. The summed E-state index contributed by atoms with van der Waals surface area (Å²) >= 11 is 4.67. The van der Waals surface area contributed by atoms with Gasteiger partial charge in [-0.1, -0.05) is 15.9 Å². The molecule has 0 aliphatic rings. The number of imide groups is 1. The SMILES string of the molecule is Cc1cc(Br)ccc1SCC(=O)O[C@H](C)C(=O)NC(N)=O. The minimum absolute atomic E-state index is 0.0661. The van der Waals surface area contributed by atoms with E-state index >= 15 is 0 Å². The maximum atomic E-state index is 11.6. The molecule has 0 aliphatic heterocycles. The Hall–Kier alpha value is -1.54. The molecule has 1 atom stereocenters. The first-order chi connectivity index (χ1) is 9.79. The van der Waals surface area contributed by atoms with Gasteiger partial charge in [0.1, 0.15) is 0 Å². The summed E-state index contributed by atoms with van der Waals surface area (Å²) in [6.45, 7) is 3.30. The molecule has 0 aliphatic carbocycles. The number of thioether (sulfide) groups is 1. The Morgan fingerprint density at radius 2 is 2.10 bits per heavy atom. The van der Waals surface area contributed by atoms with Crippen LogP contribution in [0.1, 0.15) is 12.5 Å². The van der Waals surface area contributed by atoms with Crippen molar-refractivity contribution in [1.29, 1.82) is 0 Å². The Kier molecular flexibility index (Phi) is 6.70. The summed E-state index contributed by atoms with van der Waals surface area (Å²) in [5.74, 6) is -1.23. The Balaban J connectivity index is 2.47. The fourth-order valence-electron chi connectivity index (χ4n) is 1.42. The third-order valence-electron chi connectivity index (χ3n) is 2.41. The second-order valence-corrected chi connectivity index (χ2v) is 6.12. The van der Waals surface area contributed by atoms with E-state index in [1.807, 2.05) is 30.4 Å². The van der Waals surface area contributed by atoms with Gasteiger partial charge in [0.05, 0.1) is 5.75 Å². The molecule has 0 aromatic heterocycles. The summed E-state index contributed by atoms with van der Waals surface area (Å²) in [4.78, 5) is 34.5. The Morgan fingerprint density at radius 3 is 2.67 bits per heavy atom. The molecule has 0 unspecified atom stereocenters. The number of hydrogen-bond acceptors (Lipinski definition) is 5. The third kappa shape index (κ3) is 6.17. The zero-order valence-corrected chi connectivity index (χ0v) is 13.9. The number of aryl methyl sites for hydroxylation is 1. The van der Waals surface area contributed by atoms with Crippen LogP contribution in [-0.2, 0) is 14.3 Å². The van der Waals surface area contributed by atoms with E-state index in [1.54, 1.807) is 0 Å². The second kappa shape index (κ2) is 8.04. The normalized spacial score (nSPS) is 11.6. The van der Waals surface area contributed by atoms with E-state index in [2.05, 4.69) is 15.9 Å². The van der Waals surface area contributed by atoms with Crippen LogP contribution in [-0.4, -0.2) is 29.8 Å². The highest BCUT2D eigenvalue weighted by atomic mass is 79.9. The van der Waals surface area contributed by atoms with Crippen molar-refractivity contribution in [2.75, 3.05) is 5.75 Å².